The lowest BCUT2D eigenvalue weighted by atomic mass is 9.94. The number of hydrogen-bond donors (Lipinski definition) is 3. The quantitative estimate of drug-likeness (QED) is 0.561. The summed E-state index contributed by atoms with van der Waals surface area (Å²) in [5, 5.41) is 10.7. The molecule has 4 N–H and O–H groups in total. The fourth-order valence-electron chi connectivity index (χ4n) is 2.85. The van der Waals surface area contributed by atoms with Crippen molar-refractivity contribution in [2.45, 2.75) is 19.3 Å². The Bertz CT molecular complexity index is 973. The molecule has 0 fully saturated rings. The van der Waals surface area contributed by atoms with Crippen LogP contribution in [-0.2, 0) is 4.79 Å². The van der Waals surface area contributed by atoms with Crippen LogP contribution < -0.4 is 11.1 Å². The van der Waals surface area contributed by atoms with Crippen molar-refractivity contribution in [3.05, 3.63) is 57.5 Å². The second kappa shape index (κ2) is 7.61. The summed E-state index contributed by atoms with van der Waals surface area (Å²) >= 11 is 11.7. The summed E-state index contributed by atoms with van der Waals surface area (Å²) in [5.41, 5.74) is 8.08. The van der Waals surface area contributed by atoms with Crippen LogP contribution in [0.3, 0.4) is 0 Å². The van der Waals surface area contributed by atoms with Gasteiger partial charge >= 0.3 is 0 Å². The van der Waals surface area contributed by atoms with Gasteiger partial charge in [0.05, 0.1) is 21.5 Å². The zero-order valence-electron chi connectivity index (χ0n) is 13.9. The Kier molecular flexibility index (Phi) is 5.46. The number of aryl methyl sites for hydroxylation is 1. The minimum Gasteiger partial charge on any atom is -0.330 e. The number of amides is 1. The van der Waals surface area contributed by atoms with Gasteiger partial charge in [-0.05, 0) is 44.2 Å². The Morgan fingerprint density at radius 3 is 2.85 bits per heavy atom. The average Bonchev–Trinajstić information content (AvgIpc) is 2.99. The second-order valence-electron chi connectivity index (χ2n) is 5.96. The van der Waals surface area contributed by atoms with Crippen LogP contribution in [0.15, 0.2) is 30.3 Å². The molecule has 1 heterocycles. The van der Waals surface area contributed by atoms with E-state index in [1.165, 1.54) is 12.1 Å². The normalized spacial score (nSPS) is 12.3. The molecule has 1 aromatic heterocycles. The van der Waals surface area contributed by atoms with Crippen LogP contribution in [0.4, 0.5) is 10.1 Å². The molecule has 0 saturated carbocycles. The number of nitrogens with zero attached hydrogens (tertiary/aromatic N) is 1. The highest BCUT2D eigenvalue weighted by atomic mass is 35.5. The molecule has 1 atom stereocenters. The molecule has 0 bridgehead atoms. The smallest absolute Gasteiger partial charge is 0.232 e. The summed E-state index contributed by atoms with van der Waals surface area (Å²) in [6.45, 7) is 2.11. The van der Waals surface area contributed by atoms with Crippen LogP contribution in [0.5, 0.6) is 0 Å². The third kappa shape index (κ3) is 3.53. The lowest BCUT2D eigenvalue weighted by Gasteiger charge is -2.18. The molecule has 1 unspecified atom stereocenters. The molecule has 8 heteroatoms. The molecule has 1 amide bonds. The summed E-state index contributed by atoms with van der Waals surface area (Å²) < 4.78 is 14.5. The number of aromatic nitrogens is 2. The second-order valence-corrected chi connectivity index (χ2v) is 6.75. The van der Waals surface area contributed by atoms with E-state index in [1.807, 2.05) is 13.0 Å². The van der Waals surface area contributed by atoms with E-state index in [9.17, 15) is 9.18 Å². The minimum absolute atomic E-state index is 0.0979. The SMILES string of the molecule is Cc1[nH]nc2ccc(NC(=O)C(CCN)c3ccc(Cl)c(Cl)c3F)cc12. The standard InChI is InChI=1S/C18H17Cl2FN4O/c1-9-13-8-10(2-5-15(13)25-24-9)23-18(26)12(6-7-22)11-3-4-14(19)16(20)17(11)21/h2-5,8,12H,6-7,22H2,1H3,(H,23,26)(H,24,25). The number of fused-ring (bicyclic) bond motifs is 1. The monoisotopic (exact) mass is 394 g/mol. The minimum atomic E-state index is -0.782. The molecule has 2 aromatic carbocycles. The van der Waals surface area contributed by atoms with Gasteiger partial charge in [0.1, 0.15) is 5.82 Å². The van der Waals surface area contributed by atoms with Gasteiger partial charge in [0.25, 0.3) is 0 Å². The molecule has 0 aliphatic heterocycles. The molecule has 0 aliphatic carbocycles. The summed E-state index contributed by atoms with van der Waals surface area (Å²) in [7, 11) is 0. The zero-order valence-corrected chi connectivity index (χ0v) is 15.5. The number of nitrogens with one attached hydrogen (secondary N) is 2. The molecule has 0 saturated heterocycles. The topological polar surface area (TPSA) is 83.8 Å². The third-order valence-electron chi connectivity index (χ3n) is 4.22. The van der Waals surface area contributed by atoms with Gasteiger partial charge in [0, 0.05) is 22.3 Å². The fraction of sp³-hybridized carbons (Fsp3) is 0.222. The number of carbonyl (C=O) groups excluding carboxylic acids is 1. The molecule has 0 aliphatic rings. The molecule has 0 spiro atoms. The van der Waals surface area contributed by atoms with Gasteiger partial charge in [-0.3, -0.25) is 9.89 Å². The van der Waals surface area contributed by atoms with Crippen molar-refractivity contribution < 1.29 is 9.18 Å². The van der Waals surface area contributed by atoms with Crippen molar-refractivity contribution >= 4 is 45.7 Å². The predicted molar refractivity (Wildman–Crippen MR) is 102 cm³/mol. The van der Waals surface area contributed by atoms with E-state index in [-0.39, 0.29) is 34.5 Å². The maximum Gasteiger partial charge on any atom is 0.232 e. The highest BCUT2D eigenvalue weighted by Gasteiger charge is 2.25. The number of rotatable bonds is 5. The maximum absolute atomic E-state index is 14.5. The summed E-state index contributed by atoms with van der Waals surface area (Å²) in [6, 6.07) is 8.29. The molecular formula is C18H17Cl2FN4O. The van der Waals surface area contributed by atoms with Gasteiger partial charge in [0.2, 0.25) is 5.91 Å². The lowest BCUT2D eigenvalue weighted by Crippen LogP contribution is -2.24. The highest BCUT2D eigenvalue weighted by molar-refractivity contribution is 6.42. The van der Waals surface area contributed by atoms with Crippen LogP contribution >= 0.6 is 23.2 Å². The summed E-state index contributed by atoms with van der Waals surface area (Å²) in [6.07, 6.45) is 0.272. The third-order valence-corrected chi connectivity index (χ3v) is 5.01. The first kappa shape index (κ1) is 18.6. The number of hydrogen-bond acceptors (Lipinski definition) is 3. The van der Waals surface area contributed by atoms with E-state index < -0.39 is 11.7 Å². The number of aromatic amines is 1. The van der Waals surface area contributed by atoms with Gasteiger partial charge in [-0.15, -0.1) is 0 Å². The molecule has 5 nitrogen and oxygen atoms in total. The van der Waals surface area contributed by atoms with E-state index >= 15 is 0 Å². The highest BCUT2D eigenvalue weighted by Crippen LogP contribution is 2.33. The Morgan fingerprint density at radius 1 is 1.35 bits per heavy atom. The van der Waals surface area contributed by atoms with Gasteiger partial charge in [0.15, 0.2) is 0 Å². The van der Waals surface area contributed by atoms with Crippen molar-refractivity contribution in [1.29, 1.82) is 0 Å². The van der Waals surface area contributed by atoms with E-state index in [1.54, 1.807) is 12.1 Å². The van der Waals surface area contributed by atoms with E-state index in [0.717, 1.165) is 16.6 Å². The maximum atomic E-state index is 14.5. The zero-order chi connectivity index (χ0) is 18.8. The van der Waals surface area contributed by atoms with Crippen LogP contribution in [-0.4, -0.2) is 22.6 Å². The van der Waals surface area contributed by atoms with Crippen molar-refractivity contribution in [2.24, 2.45) is 5.73 Å². The first-order chi connectivity index (χ1) is 12.4. The molecular weight excluding hydrogens is 378 g/mol. The summed E-state index contributed by atoms with van der Waals surface area (Å²) in [5.74, 6) is -1.85. The van der Waals surface area contributed by atoms with Crippen LogP contribution in [0.2, 0.25) is 10.0 Å². The average molecular weight is 395 g/mol. The van der Waals surface area contributed by atoms with Crippen LogP contribution in [0.25, 0.3) is 10.9 Å². The van der Waals surface area contributed by atoms with Crippen LogP contribution in [0.1, 0.15) is 23.6 Å². The first-order valence-electron chi connectivity index (χ1n) is 8.01. The van der Waals surface area contributed by atoms with Gasteiger partial charge in [-0.2, -0.15) is 5.10 Å². The number of carbonyl (C=O) groups is 1. The Labute approximate surface area is 159 Å². The molecule has 3 aromatic rings. The largest absolute Gasteiger partial charge is 0.330 e. The lowest BCUT2D eigenvalue weighted by molar-refractivity contribution is -0.117. The Balaban J connectivity index is 1.91. The molecule has 136 valence electrons. The predicted octanol–water partition coefficient (Wildman–Crippen LogP) is 4.39. The van der Waals surface area contributed by atoms with Gasteiger partial charge < -0.3 is 11.1 Å². The van der Waals surface area contributed by atoms with E-state index in [0.29, 0.717) is 5.69 Å². The van der Waals surface area contributed by atoms with Crippen LogP contribution in [0, 0.1) is 12.7 Å². The molecule has 3 rings (SSSR count). The Morgan fingerprint density at radius 2 is 2.12 bits per heavy atom. The van der Waals surface area contributed by atoms with Crippen molar-refractivity contribution in [1.82, 2.24) is 10.2 Å². The molecule has 0 radical (unpaired) electrons. The number of benzene rings is 2. The number of H-pyrrole nitrogens is 1. The van der Waals surface area contributed by atoms with Crippen molar-refractivity contribution in [3.8, 4) is 0 Å². The van der Waals surface area contributed by atoms with Gasteiger partial charge in [-0.1, -0.05) is 29.3 Å². The van der Waals surface area contributed by atoms with Crippen molar-refractivity contribution in [3.63, 3.8) is 0 Å². The number of anilines is 1. The summed E-state index contributed by atoms with van der Waals surface area (Å²) in [4.78, 5) is 12.8. The molecule has 26 heavy (non-hydrogen) atoms. The Hall–Kier alpha value is -2.15. The van der Waals surface area contributed by atoms with Crippen molar-refractivity contribution in [2.75, 3.05) is 11.9 Å². The number of nitrogens with two attached hydrogens (primary N) is 1. The van der Waals surface area contributed by atoms with E-state index in [2.05, 4.69) is 15.5 Å². The van der Waals surface area contributed by atoms with Gasteiger partial charge in [-0.25, -0.2) is 4.39 Å². The first-order valence-corrected chi connectivity index (χ1v) is 8.77. The number of halogens is 3. The van der Waals surface area contributed by atoms with E-state index in [4.69, 9.17) is 28.9 Å². The fourth-order valence-corrected chi connectivity index (χ4v) is 3.17.